The van der Waals surface area contributed by atoms with Crippen molar-refractivity contribution in [3.63, 3.8) is 0 Å². The summed E-state index contributed by atoms with van der Waals surface area (Å²) in [6, 6.07) is 46.5. The molecule has 1 unspecified atom stereocenters. The Kier molecular flexibility index (Phi) is 11.1. The van der Waals surface area contributed by atoms with Gasteiger partial charge >= 0.3 is 5.97 Å². The molecule has 2 heterocycles. The predicted molar refractivity (Wildman–Crippen MR) is 205 cm³/mol. The zero-order valence-corrected chi connectivity index (χ0v) is 29.8. The van der Waals surface area contributed by atoms with E-state index in [1.165, 1.54) is 0 Å². The van der Waals surface area contributed by atoms with Crippen molar-refractivity contribution in [1.29, 1.82) is 0 Å². The Morgan fingerprint density at radius 3 is 1.80 bits per heavy atom. The van der Waals surface area contributed by atoms with E-state index in [4.69, 9.17) is 23.6 Å². The highest BCUT2D eigenvalue weighted by Crippen LogP contribution is 2.45. The summed E-state index contributed by atoms with van der Waals surface area (Å²) in [5, 5.41) is 19.6. The molecule has 7 aromatic rings. The van der Waals surface area contributed by atoms with Gasteiger partial charge in [-0.3, -0.25) is 4.79 Å². The van der Waals surface area contributed by atoms with Crippen LogP contribution in [0.5, 0.6) is 17.2 Å². The highest BCUT2D eigenvalue weighted by Gasteiger charge is 2.48. The van der Waals surface area contributed by atoms with Gasteiger partial charge in [0.2, 0.25) is 0 Å². The van der Waals surface area contributed by atoms with Crippen LogP contribution in [0.1, 0.15) is 38.2 Å². The SMILES string of the molecule is COc1ccc(C2(O)OC(=O)C(c3ccc4nonc4c3)=C2Cc2ccc(OCc3ccccc3)cc2)cc1.O=Cc1ccc(OCc2ccccc2)cc1. The van der Waals surface area contributed by atoms with Crippen LogP contribution in [-0.2, 0) is 35.0 Å². The maximum atomic E-state index is 13.3. The number of carbonyl (C=O) groups excluding carboxylic acids is 2. The lowest BCUT2D eigenvalue weighted by Gasteiger charge is -2.26. The monoisotopic (exact) mass is 732 g/mol. The molecule has 0 amide bonds. The van der Waals surface area contributed by atoms with Crippen molar-refractivity contribution in [2.75, 3.05) is 7.11 Å². The molecule has 10 heteroatoms. The third-order valence-electron chi connectivity index (χ3n) is 9.00. The van der Waals surface area contributed by atoms with Crippen LogP contribution < -0.4 is 14.2 Å². The van der Waals surface area contributed by atoms with Crippen LogP contribution in [0.4, 0.5) is 0 Å². The van der Waals surface area contributed by atoms with E-state index in [1.54, 1.807) is 73.8 Å². The Labute approximate surface area is 317 Å². The number of ether oxygens (including phenoxy) is 4. The van der Waals surface area contributed by atoms with Crippen LogP contribution in [0, 0.1) is 0 Å². The molecule has 1 aliphatic rings. The number of carbonyl (C=O) groups is 2. The van der Waals surface area contributed by atoms with Gasteiger partial charge in [0.1, 0.15) is 47.8 Å². The van der Waals surface area contributed by atoms with E-state index in [0.717, 1.165) is 28.7 Å². The molecule has 274 valence electrons. The van der Waals surface area contributed by atoms with Gasteiger partial charge < -0.3 is 24.1 Å². The first-order valence-electron chi connectivity index (χ1n) is 17.5. The van der Waals surface area contributed by atoms with Crippen molar-refractivity contribution in [2.45, 2.75) is 25.4 Å². The molecule has 8 rings (SSSR count). The topological polar surface area (TPSA) is 130 Å². The second-order valence-corrected chi connectivity index (χ2v) is 12.6. The van der Waals surface area contributed by atoms with Gasteiger partial charge in [-0.25, -0.2) is 9.42 Å². The number of nitrogens with zero attached hydrogens (tertiary/aromatic N) is 2. The summed E-state index contributed by atoms with van der Waals surface area (Å²) in [5.41, 5.74) is 6.41. The molecule has 1 atom stereocenters. The molecule has 1 N–H and O–H groups in total. The van der Waals surface area contributed by atoms with E-state index in [-0.39, 0.29) is 12.0 Å². The quantitative estimate of drug-likeness (QED) is 0.0968. The molecule has 1 aliphatic heterocycles. The van der Waals surface area contributed by atoms with Crippen LogP contribution in [0.25, 0.3) is 16.6 Å². The van der Waals surface area contributed by atoms with Crippen LogP contribution in [0.3, 0.4) is 0 Å². The van der Waals surface area contributed by atoms with Crippen molar-refractivity contribution in [3.05, 3.63) is 191 Å². The summed E-state index contributed by atoms with van der Waals surface area (Å²) >= 11 is 0. The molecule has 10 nitrogen and oxygen atoms in total. The largest absolute Gasteiger partial charge is 0.497 e. The van der Waals surface area contributed by atoms with Crippen LogP contribution >= 0.6 is 0 Å². The number of methoxy groups -OCH3 is 1. The van der Waals surface area contributed by atoms with Crippen molar-refractivity contribution in [2.24, 2.45) is 0 Å². The average molecular weight is 733 g/mol. The number of cyclic esters (lactones) is 1. The first-order valence-corrected chi connectivity index (χ1v) is 17.5. The lowest BCUT2D eigenvalue weighted by Crippen LogP contribution is -2.29. The summed E-state index contributed by atoms with van der Waals surface area (Å²) < 4.78 is 27.2. The fourth-order valence-electron chi connectivity index (χ4n) is 6.06. The number of hydrogen-bond donors (Lipinski definition) is 1. The number of aldehydes is 1. The number of hydrogen-bond acceptors (Lipinski definition) is 10. The third kappa shape index (κ3) is 8.62. The van der Waals surface area contributed by atoms with Gasteiger partial charge in [0.25, 0.3) is 5.79 Å². The normalized spacial score (nSPS) is 14.8. The second kappa shape index (κ2) is 16.7. The molecule has 1 aromatic heterocycles. The van der Waals surface area contributed by atoms with Gasteiger partial charge in [-0.2, -0.15) is 0 Å². The molecular weight excluding hydrogens is 697 g/mol. The second-order valence-electron chi connectivity index (χ2n) is 12.6. The van der Waals surface area contributed by atoms with Gasteiger partial charge in [-0.15, -0.1) is 0 Å². The molecule has 0 aliphatic carbocycles. The molecule has 0 fully saturated rings. The summed E-state index contributed by atoms with van der Waals surface area (Å²) in [4.78, 5) is 23.7. The third-order valence-corrected chi connectivity index (χ3v) is 9.00. The van der Waals surface area contributed by atoms with E-state index < -0.39 is 11.8 Å². The first kappa shape index (κ1) is 36.3. The number of aromatic nitrogens is 2. The van der Waals surface area contributed by atoms with E-state index in [2.05, 4.69) is 10.3 Å². The minimum absolute atomic E-state index is 0.248. The van der Waals surface area contributed by atoms with E-state index in [1.807, 2.05) is 84.9 Å². The van der Waals surface area contributed by atoms with Crippen molar-refractivity contribution < 1.29 is 38.3 Å². The van der Waals surface area contributed by atoms with Gasteiger partial charge in [-0.05, 0) is 105 Å². The average Bonchev–Trinajstić information content (AvgIpc) is 3.82. The van der Waals surface area contributed by atoms with Crippen molar-refractivity contribution in [3.8, 4) is 17.2 Å². The zero-order chi connectivity index (χ0) is 38.0. The summed E-state index contributed by atoms with van der Waals surface area (Å²) in [6.45, 7) is 0.996. The molecule has 6 aromatic carbocycles. The van der Waals surface area contributed by atoms with Gasteiger partial charge in [0.15, 0.2) is 0 Å². The highest BCUT2D eigenvalue weighted by atomic mass is 16.7. The molecular formula is C45H36N2O8. The van der Waals surface area contributed by atoms with E-state index in [9.17, 15) is 14.7 Å². The Hall–Kier alpha value is -7.04. The summed E-state index contributed by atoms with van der Waals surface area (Å²) in [7, 11) is 1.56. The Bertz CT molecular complexity index is 2390. The number of benzene rings is 6. The van der Waals surface area contributed by atoms with Crippen LogP contribution in [0.2, 0.25) is 0 Å². The maximum Gasteiger partial charge on any atom is 0.342 e. The number of aliphatic hydroxyl groups is 1. The fraction of sp³-hybridized carbons (Fsp3) is 0.111. The van der Waals surface area contributed by atoms with Gasteiger partial charge in [-0.1, -0.05) is 78.9 Å². The summed E-state index contributed by atoms with van der Waals surface area (Å²) in [5.74, 6) is -0.507. The van der Waals surface area contributed by atoms with Gasteiger partial charge in [0, 0.05) is 23.1 Å². The summed E-state index contributed by atoms with van der Waals surface area (Å²) in [6.07, 6.45) is 1.07. The first-order chi connectivity index (χ1) is 26.9. The molecule has 0 spiro atoms. The van der Waals surface area contributed by atoms with Gasteiger partial charge in [0.05, 0.1) is 12.7 Å². The standard InChI is InChI=1S/C31H24N2O6.C14H12O2/c1-36-24-14-10-23(11-15-24)31(35)26(29(30(34)38-31)22-9-16-27-28(18-22)33-39-32-27)17-20-7-12-25(13-8-20)37-19-21-5-3-2-4-6-21;15-10-12-6-8-14(9-7-12)16-11-13-4-2-1-3-5-13/h2-16,18,35H,17,19H2,1H3;1-10H,11H2. The number of esters is 1. The Balaban J connectivity index is 0.000000243. The number of rotatable bonds is 12. The van der Waals surface area contributed by atoms with Crippen LogP contribution in [0.15, 0.2) is 162 Å². The minimum Gasteiger partial charge on any atom is -0.497 e. The van der Waals surface area contributed by atoms with Crippen molar-refractivity contribution >= 4 is 28.9 Å². The molecule has 0 saturated carbocycles. The molecule has 55 heavy (non-hydrogen) atoms. The Morgan fingerprint density at radius 2 is 1.22 bits per heavy atom. The molecule has 0 bridgehead atoms. The molecule has 0 radical (unpaired) electrons. The van der Waals surface area contributed by atoms with Crippen molar-refractivity contribution in [1.82, 2.24) is 10.3 Å². The maximum absolute atomic E-state index is 13.3. The molecule has 0 saturated heterocycles. The smallest absolute Gasteiger partial charge is 0.342 e. The minimum atomic E-state index is -1.97. The fourth-order valence-corrected chi connectivity index (χ4v) is 6.06. The predicted octanol–water partition coefficient (Wildman–Crippen LogP) is 8.29. The zero-order valence-electron chi connectivity index (χ0n) is 29.8. The lowest BCUT2D eigenvalue weighted by molar-refractivity contribution is -0.185. The van der Waals surface area contributed by atoms with E-state index in [0.29, 0.717) is 58.0 Å². The number of fused-ring (bicyclic) bond motifs is 1. The van der Waals surface area contributed by atoms with Crippen LogP contribution in [-0.4, -0.2) is 34.8 Å². The Morgan fingerprint density at radius 1 is 0.655 bits per heavy atom. The lowest BCUT2D eigenvalue weighted by atomic mass is 9.88. The van der Waals surface area contributed by atoms with E-state index >= 15 is 0 Å². The highest BCUT2D eigenvalue weighted by molar-refractivity contribution is 6.20.